The number of ketones is 1. The van der Waals surface area contributed by atoms with E-state index in [0.29, 0.717) is 6.42 Å². The van der Waals surface area contributed by atoms with Crippen molar-refractivity contribution in [2.75, 3.05) is 0 Å². The van der Waals surface area contributed by atoms with Gasteiger partial charge in [-0.25, -0.2) is 0 Å². The number of carbonyl (C=O) groups excluding carboxylic acids is 2. The summed E-state index contributed by atoms with van der Waals surface area (Å²) in [5, 5.41) is 10.6. The first kappa shape index (κ1) is 12.9. The average Bonchev–Trinajstić information content (AvgIpc) is 2.60. The lowest BCUT2D eigenvalue weighted by molar-refractivity contribution is -0.167. The molecule has 2 fully saturated rings. The predicted octanol–water partition coefficient (Wildman–Crippen LogP) is 1.47. The quantitative estimate of drug-likeness (QED) is 0.673. The Hall–Kier alpha value is -1.16. The van der Waals surface area contributed by atoms with Gasteiger partial charge in [-0.2, -0.15) is 0 Å². The highest BCUT2D eigenvalue weighted by Crippen LogP contribution is 2.56. The van der Waals surface area contributed by atoms with Crippen LogP contribution in [0.2, 0.25) is 0 Å². The molecule has 2 aliphatic carbocycles. The van der Waals surface area contributed by atoms with E-state index in [1.165, 1.54) is 6.08 Å². The van der Waals surface area contributed by atoms with Crippen molar-refractivity contribution in [3.8, 4) is 0 Å². The number of fused-ring (bicyclic) bond motifs is 3. The molecule has 0 radical (unpaired) electrons. The number of hydrogen-bond acceptors (Lipinski definition) is 4. The summed E-state index contributed by atoms with van der Waals surface area (Å²) in [4.78, 5) is 24.1. The second-order valence-corrected chi connectivity index (χ2v) is 6.71. The van der Waals surface area contributed by atoms with Crippen LogP contribution in [0.15, 0.2) is 12.2 Å². The normalized spacial score (nSPS) is 52.6. The number of aliphatic hydroxyl groups is 1. The molecular formula is C15H20O4. The Morgan fingerprint density at radius 1 is 1.37 bits per heavy atom. The molecular weight excluding hydrogens is 244 g/mol. The number of rotatable bonds is 0. The maximum Gasteiger partial charge on any atom is 0.309 e. The van der Waals surface area contributed by atoms with Crippen LogP contribution in [0, 0.1) is 23.2 Å². The Kier molecular flexibility index (Phi) is 2.50. The molecule has 0 spiro atoms. The van der Waals surface area contributed by atoms with Crippen molar-refractivity contribution in [2.24, 2.45) is 23.2 Å². The lowest BCUT2D eigenvalue weighted by atomic mass is 9.53. The van der Waals surface area contributed by atoms with Crippen LogP contribution in [-0.2, 0) is 14.3 Å². The van der Waals surface area contributed by atoms with E-state index < -0.39 is 11.0 Å². The van der Waals surface area contributed by atoms with E-state index in [1.807, 2.05) is 13.8 Å². The zero-order valence-corrected chi connectivity index (χ0v) is 11.6. The molecule has 104 valence electrons. The van der Waals surface area contributed by atoms with Crippen LogP contribution in [0.4, 0.5) is 0 Å². The van der Waals surface area contributed by atoms with Gasteiger partial charge >= 0.3 is 5.97 Å². The third-order valence-corrected chi connectivity index (χ3v) is 5.46. The van der Waals surface area contributed by atoms with Crippen LogP contribution >= 0.6 is 0 Å². The van der Waals surface area contributed by atoms with Crippen molar-refractivity contribution in [1.82, 2.24) is 0 Å². The van der Waals surface area contributed by atoms with E-state index in [-0.39, 0.29) is 35.6 Å². The van der Waals surface area contributed by atoms with Crippen molar-refractivity contribution >= 4 is 11.8 Å². The minimum atomic E-state index is -1.10. The standard InChI is InChI=1S/C15H20O4/c1-8-9-4-6-14(2)10(16)5-7-15(3,18)12(14)11(9)19-13(8)17/h5,7-9,11-12,18H,4,6H2,1-3H3/t8-,9+,11-,12+,14-,15+/m0/s1. The smallest absolute Gasteiger partial charge is 0.309 e. The minimum absolute atomic E-state index is 0.0399. The lowest BCUT2D eigenvalue weighted by Gasteiger charge is -2.52. The molecule has 0 aromatic heterocycles. The fourth-order valence-corrected chi connectivity index (χ4v) is 4.29. The van der Waals surface area contributed by atoms with Crippen LogP contribution < -0.4 is 0 Å². The highest BCUT2D eigenvalue weighted by atomic mass is 16.6. The van der Waals surface area contributed by atoms with Gasteiger partial charge in [0.2, 0.25) is 0 Å². The van der Waals surface area contributed by atoms with Crippen LogP contribution in [0.5, 0.6) is 0 Å². The Bertz CT molecular complexity index is 479. The summed E-state index contributed by atoms with van der Waals surface area (Å²) >= 11 is 0. The molecule has 1 saturated heterocycles. The summed E-state index contributed by atoms with van der Waals surface area (Å²) in [6, 6.07) is 0. The van der Waals surface area contributed by atoms with Gasteiger partial charge < -0.3 is 9.84 Å². The molecule has 1 N–H and O–H groups in total. The number of hydrogen-bond donors (Lipinski definition) is 1. The molecule has 0 bridgehead atoms. The van der Waals surface area contributed by atoms with Gasteiger partial charge in [-0.15, -0.1) is 0 Å². The zero-order valence-electron chi connectivity index (χ0n) is 11.6. The molecule has 4 nitrogen and oxygen atoms in total. The molecule has 19 heavy (non-hydrogen) atoms. The number of allylic oxidation sites excluding steroid dienone is 1. The maximum atomic E-state index is 12.3. The molecule has 3 aliphatic rings. The predicted molar refractivity (Wildman–Crippen MR) is 68.1 cm³/mol. The summed E-state index contributed by atoms with van der Waals surface area (Å²) in [6.07, 6.45) is 4.21. The van der Waals surface area contributed by atoms with Crippen molar-refractivity contribution < 1.29 is 19.4 Å². The van der Waals surface area contributed by atoms with Crippen LogP contribution in [-0.4, -0.2) is 28.6 Å². The second kappa shape index (κ2) is 3.69. The summed E-state index contributed by atoms with van der Waals surface area (Å²) in [5.41, 5.74) is -1.72. The molecule has 3 rings (SSSR count). The molecule has 6 atom stereocenters. The Morgan fingerprint density at radius 2 is 2.05 bits per heavy atom. The zero-order chi connectivity index (χ0) is 14.0. The minimum Gasteiger partial charge on any atom is -0.461 e. The molecule has 0 aromatic rings. The van der Waals surface area contributed by atoms with Crippen LogP contribution in [0.3, 0.4) is 0 Å². The Morgan fingerprint density at radius 3 is 2.74 bits per heavy atom. The van der Waals surface area contributed by atoms with Gasteiger partial charge in [-0.05, 0) is 31.9 Å². The first-order valence-electron chi connectivity index (χ1n) is 6.94. The lowest BCUT2D eigenvalue weighted by Crippen LogP contribution is -2.59. The first-order chi connectivity index (χ1) is 8.77. The molecule has 0 unspecified atom stereocenters. The average molecular weight is 264 g/mol. The molecule has 4 heteroatoms. The van der Waals surface area contributed by atoms with Gasteiger partial charge in [0.05, 0.1) is 11.5 Å². The van der Waals surface area contributed by atoms with Gasteiger partial charge in [-0.1, -0.05) is 13.8 Å². The van der Waals surface area contributed by atoms with Crippen molar-refractivity contribution in [3.63, 3.8) is 0 Å². The van der Waals surface area contributed by atoms with Gasteiger partial charge in [0, 0.05) is 17.3 Å². The molecule has 0 aromatic carbocycles. The first-order valence-corrected chi connectivity index (χ1v) is 6.94. The number of ether oxygens (including phenoxy) is 1. The summed E-state index contributed by atoms with van der Waals surface area (Å²) < 4.78 is 5.51. The van der Waals surface area contributed by atoms with Gasteiger partial charge in [0.25, 0.3) is 0 Å². The summed E-state index contributed by atoms with van der Waals surface area (Å²) in [7, 11) is 0. The third-order valence-electron chi connectivity index (χ3n) is 5.46. The molecule has 1 heterocycles. The van der Waals surface area contributed by atoms with E-state index in [1.54, 1.807) is 13.0 Å². The van der Waals surface area contributed by atoms with E-state index in [0.717, 1.165) is 6.42 Å². The van der Waals surface area contributed by atoms with E-state index in [4.69, 9.17) is 4.74 Å². The highest BCUT2D eigenvalue weighted by Gasteiger charge is 2.62. The number of carbonyl (C=O) groups is 2. The SMILES string of the molecule is C[C@@H]1C(=O)O[C@H]2[C@@H]1CC[C@@]1(C)C(=O)C=C[C@@](C)(O)[C@H]21. The largest absolute Gasteiger partial charge is 0.461 e. The molecule has 1 aliphatic heterocycles. The maximum absolute atomic E-state index is 12.3. The summed E-state index contributed by atoms with van der Waals surface area (Å²) in [6.45, 7) is 5.48. The fourth-order valence-electron chi connectivity index (χ4n) is 4.29. The molecule has 1 saturated carbocycles. The number of esters is 1. The van der Waals surface area contributed by atoms with E-state index in [2.05, 4.69) is 0 Å². The summed E-state index contributed by atoms with van der Waals surface area (Å²) in [5.74, 6) is -0.511. The van der Waals surface area contributed by atoms with Crippen molar-refractivity contribution in [2.45, 2.75) is 45.3 Å². The molecule has 0 amide bonds. The van der Waals surface area contributed by atoms with Crippen LogP contribution in [0.1, 0.15) is 33.6 Å². The van der Waals surface area contributed by atoms with E-state index in [9.17, 15) is 14.7 Å². The fraction of sp³-hybridized carbons (Fsp3) is 0.733. The van der Waals surface area contributed by atoms with Crippen molar-refractivity contribution in [1.29, 1.82) is 0 Å². The van der Waals surface area contributed by atoms with Gasteiger partial charge in [0.1, 0.15) is 6.10 Å². The van der Waals surface area contributed by atoms with Crippen molar-refractivity contribution in [3.05, 3.63) is 12.2 Å². The monoisotopic (exact) mass is 264 g/mol. The third kappa shape index (κ3) is 1.55. The van der Waals surface area contributed by atoms with E-state index >= 15 is 0 Å². The van der Waals surface area contributed by atoms with Gasteiger partial charge in [-0.3, -0.25) is 9.59 Å². The van der Waals surface area contributed by atoms with Crippen LogP contribution in [0.25, 0.3) is 0 Å². The second-order valence-electron chi connectivity index (χ2n) is 6.71. The highest BCUT2D eigenvalue weighted by molar-refractivity contribution is 5.96. The Labute approximate surface area is 112 Å². The Balaban J connectivity index is 2.07. The van der Waals surface area contributed by atoms with Gasteiger partial charge in [0.15, 0.2) is 5.78 Å². The topological polar surface area (TPSA) is 63.6 Å².